The van der Waals surface area contributed by atoms with Crippen molar-refractivity contribution in [2.75, 3.05) is 13.2 Å². The lowest BCUT2D eigenvalue weighted by molar-refractivity contribution is -0.176. The Morgan fingerprint density at radius 3 is 2.09 bits per heavy atom. The summed E-state index contributed by atoms with van der Waals surface area (Å²) in [6.45, 7) is -2.23. The van der Waals surface area contributed by atoms with Crippen LogP contribution in [0.15, 0.2) is 24.3 Å². The highest BCUT2D eigenvalue weighted by Gasteiger charge is 2.51. The second kappa shape index (κ2) is 9.32. The summed E-state index contributed by atoms with van der Waals surface area (Å²) in [4.78, 5) is 36.6. The summed E-state index contributed by atoms with van der Waals surface area (Å²) < 4.78 is 45.8. The smallest absolute Gasteiger partial charge is 0.411 e. The van der Waals surface area contributed by atoms with E-state index in [1.165, 1.54) is 43.5 Å². The van der Waals surface area contributed by atoms with E-state index in [9.17, 15) is 27.6 Å². The molecule has 0 unspecified atom stereocenters. The molecule has 0 heterocycles. The minimum atomic E-state index is -4.41. The highest BCUT2D eigenvalue weighted by atomic mass is 19.4. The van der Waals surface area contributed by atoms with Crippen LogP contribution in [0.2, 0.25) is 0 Å². The van der Waals surface area contributed by atoms with E-state index < -0.39 is 37.3 Å². The molecular formula is C23H27F3N2O5. The Balaban J connectivity index is 1.19. The zero-order chi connectivity index (χ0) is 23.6. The Labute approximate surface area is 189 Å². The standard InChI is InChI=1S/C23H27F3N2O5/c24-23(25,26)13-32-11-14-1-3-18(4-2-14)20(30)33-12-19(29)27-21(31)28-22-8-15-5-16(9-22)7-17(6-15)10-22/h1-4,15-17H,5-13H2,(H2,27,28,29,31). The van der Waals surface area contributed by atoms with Crippen molar-refractivity contribution in [3.63, 3.8) is 0 Å². The number of urea groups is 1. The van der Waals surface area contributed by atoms with Crippen molar-refractivity contribution in [1.29, 1.82) is 0 Å². The summed E-state index contributed by atoms with van der Waals surface area (Å²) >= 11 is 0. The molecule has 33 heavy (non-hydrogen) atoms. The number of esters is 1. The van der Waals surface area contributed by atoms with Crippen molar-refractivity contribution in [3.8, 4) is 0 Å². The van der Waals surface area contributed by atoms with Crippen LogP contribution in [0.1, 0.15) is 54.4 Å². The van der Waals surface area contributed by atoms with Gasteiger partial charge in [-0.05, 0) is 74.0 Å². The molecule has 4 bridgehead atoms. The number of ether oxygens (including phenoxy) is 2. The van der Waals surface area contributed by atoms with Crippen LogP contribution in [0, 0.1) is 17.8 Å². The Kier molecular flexibility index (Phi) is 6.65. The lowest BCUT2D eigenvalue weighted by Gasteiger charge is -2.56. The Morgan fingerprint density at radius 2 is 1.55 bits per heavy atom. The normalized spacial score (nSPS) is 27.8. The molecule has 0 saturated heterocycles. The predicted octanol–water partition coefficient (Wildman–Crippen LogP) is 3.72. The Bertz CT molecular complexity index is 865. The fraction of sp³-hybridized carbons (Fsp3) is 0.609. The molecule has 7 nitrogen and oxygen atoms in total. The molecule has 4 aliphatic carbocycles. The third-order valence-corrected chi connectivity index (χ3v) is 6.73. The van der Waals surface area contributed by atoms with E-state index >= 15 is 0 Å². The first-order chi connectivity index (χ1) is 15.6. The van der Waals surface area contributed by atoms with E-state index in [-0.39, 0.29) is 17.7 Å². The van der Waals surface area contributed by atoms with Gasteiger partial charge >= 0.3 is 18.2 Å². The van der Waals surface area contributed by atoms with Gasteiger partial charge in [0.1, 0.15) is 6.61 Å². The van der Waals surface area contributed by atoms with Gasteiger partial charge < -0.3 is 14.8 Å². The maximum Gasteiger partial charge on any atom is 0.411 e. The molecule has 5 rings (SSSR count). The number of carbonyl (C=O) groups excluding carboxylic acids is 3. The van der Waals surface area contributed by atoms with Crippen molar-refractivity contribution >= 4 is 17.9 Å². The van der Waals surface area contributed by atoms with Crippen molar-refractivity contribution in [2.45, 2.75) is 56.8 Å². The molecule has 0 aromatic heterocycles. The van der Waals surface area contributed by atoms with Gasteiger partial charge in [-0.2, -0.15) is 13.2 Å². The summed E-state index contributed by atoms with van der Waals surface area (Å²) in [7, 11) is 0. The minimum Gasteiger partial charge on any atom is -0.452 e. The molecular weight excluding hydrogens is 441 g/mol. The van der Waals surface area contributed by atoms with E-state index in [1.807, 2.05) is 0 Å². The molecule has 0 radical (unpaired) electrons. The summed E-state index contributed by atoms with van der Waals surface area (Å²) in [5, 5.41) is 5.24. The van der Waals surface area contributed by atoms with Crippen molar-refractivity contribution in [3.05, 3.63) is 35.4 Å². The maximum atomic E-state index is 12.4. The lowest BCUT2D eigenvalue weighted by Crippen LogP contribution is -2.62. The molecule has 3 amide bonds. The number of hydrogen-bond donors (Lipinski definition) is 2. The Hall–Kier alpha value is -2.62. The maximum absolute atomic E-state index is 12.4. The van der Waals surface area contributed by atoms with Gasteiger partial charge in [0, 0.05) is 5.54 Å². The van der Waals surface area contributed by atoms with Crippen LogP contribution < -0.4 is 10.6 Å². The average Bonchev–Trinajstić information content (AvgIpc) is 2.70. The monoisotopic (exact) mass is 468 g/mol. The number of nitrogens with one attached hydrogen (secondary N) is 2. The second-order valence-electron chi connectivity index (χ2n) is 9.58. The largest absolute Gasteiger partial charge is 0.452 e. The third-order valence-electron chi connectivity index (χ3n) is 6.73. The first-order valence-corrected chi connectivity index (χ1v) is 11.1. The number of alkyl halides is 3. The van der Waals surface area contributed by atoms with Gasteiger partial charge in [0.25, 0.3) is 5.91 Å². The van der Waals surface area contributed by atoms with Gasteiger partial charge in [0.15, 0.2) is 6.61 Å². The van der Waals surface area contributed by atoms with E-state index in [1.54, 1.807) is 0 Å². The summed E-state index contributed by atoms with van der Waals surface area (Å²) in [6.07, 6.45) is 2.15. The van der Waals surface area contributed by atoms with Crippen molar-refractivity contribution in [1.82, 2.24) is 10.6 Å². The number of benzene rings is 1. The van der Waals surface area contributed by atoms with Crippen LogP contribution in [-0.2, 0) is 20.9 Å². The summed E-state index contributed by atoms with van der Waals surface area (Å²) in [5.74, 6) is 0.430. The van der Waals surface area contributed by atoms with Crippen LogP contribution >= 0.6 is 0 Å². The number of carbonyl (C=O) groups is 3. The zero-order valence-electron chi connectivity index (χ0n) is 18.1. The van der Waals surface area contributed by atoms with Gasteiger partial charge in [-0.1, -0.05) is 12.1 Å². The molecule has 0 aliphatic heterocycles. The molecule has 10 heteroatoms. The van der Waals surface area contributed by atoms with Crippen LogP contribution in [0.25, 0.3) is 0 Å². The van der Waals surface area contributed by atoms with E-state index in [0.29, 0.717) is 23.3 Å². The first kappa shape index (κ1) is 23.5. The molecule has 1 aromatic rings. The number of rotatable bonds is 7. The van der Waals surface area contributed by atoms with Gasteiger partial charge in [-0.3, -0.25) is 10.1 Å². The molecule has 0 spiro atoms. The lowest BCUT2D eigenvalue weighted by atomic mass is 9.53. The Morgan fingerprint density at radius 1 is 0.970 bits per heavy atom. The molecule has 1 aromatic carbocycles. The molecule has 180 valence electrons. The molecule has 0 atom stereocenters. The average molecular weight is 468 g/mol. The molecule has 2 N–H and O–H groups in total. The molecule has 4 saturated carbocycles. The van der Waals surface area contributed by atoms with Crippen LogP contribution in [0.5, 0.6) is 0 Å². The second-order valence-corrected chi connectivity index (χ2v) is 9.58. The molecule has 4 fully saturated rings. The van der Waals surface area contributed by atoms with E-state index in [0.717, 1.165) is 19.3 Å². The summed E-state index contributed by atoms with van der Waals surface area (Å²) in [5.41, 5.74) is 0.344. The van der Waals surface area contributed by atoms with Crippen LogP contribution in [-0.4, -0.2) is 42.8 Å². The number of amides is 3. The fourth-order valence-electron chi connectivity index (χ4n) is 5.93. The van der Waals surface area contributed by atoms with E-state index in [4.69, 9.17) is 4.74 Å². The zero-order valence-corrected chi connectivity index (χ0v) is 18.1. The number of hydrogen-bond acceptors (Lipinski definition) is 5. The topological polar surface area (TPSA) is 93.7 Å². The fourth-order valence-corrected chi connectivity index (χ4v) is 5.93. The van der Waals surface area contributed by atoms with Crippen LogP contribution in [0.3, 0.4) is 0 Å². The third kappa shape index (κ3) is 6.25. The summed E-state index contributed by atoms with van der Waals surface area (Å²) in [6, 6.07) is 5.04. The van der Waals surface area contributed by atoms with Gasteiger partial charge in [0.05, 0.1) is 12.2 Å². The van der Waals surface area contributed by atoms with Crippen molar-refractivity contribution in [2.24, 2.45) is 17.8 Å². The van der Waals surface area contributed by atoms with Gasteiger partial charge in [0.2, 0.25) is 0 Å². The van der Waals surface area contributed by atoms with Gasteiger partial charge in [-0.25, -0.2) is 9.59 Å². The number of halogens is 3. The van der Waals surface area contributed by atoms with E-state index in [2.05, 4.69) is 15.4 Å². The highest BCUT2D eigenvalue weighted by molar-refractivity contribution is 5.97. The van der Waals surface area contributed by atoms with Gasteiger partial charge in [-0.15, -0.1) is 0 Å². The van der Waals surface area contributed by atoms with Crippen molar-refractivity contribution < 1.29 is 37.0 Å². The van der Waals surface area contributed by atoms with Crippen LogP contribution in [0.4, 0.5) is 18.0 Å². The highest BCUT2D eigenvalue weighted by Crippen LogP contribution is 2.55. The first-order valence-electron chi connectivity index (χ1n) is 11.1. The number of imide groups is 1. The predicted molar refractivity (Wildman–Crippen MR) is 110 cm³/mol. The SMILES string of the molecule is O=C(COC(=O)c1ccc(COCC(F)(F)F)cc1)NC(=O)NC12CC3CC(CC(C3)C1)C2. The quantitative estimate of drug-likeness (QED) is 0.595. The minimum absolute atomic E-state index is 0.125. The molecule has 4 aliphatic rings.